The molecular formula is C11H16N2O3S2. The van der Waals surface area contributed by atoms with Crippen molar-refractivity contribution in [2.24, 2.45) is 0 Å². The van der Waals surface area contributed by atoms with E-state index in [9.17, 15) is 9.59 Å². The average molecular weight is 288 g/mol. The lowest BCUT2D eigenvalue weighted by Crippen LogP contribution is -2.41. The van der Waals surface area contributed by atoms with Crippen molar-refractivity contribution < 1.29 is 14.7 Å². The fourth-order valence-electron chi connectivity index (χ4n) is 1.46. The van der Waals surface area contributed by atoms with Gasteiger partial charge in [0.1, 0.15) is 10.9 Å². The Bertz CT molecular complexity index is 445. The van der Waals surface area contributed by atoms with Gasteiger partial charge in [-0.05, 0) is 32.3 Å². The molecule has 18 heavy (non-hydrogen) atoms. The Morgan fingerprint density at radius 2 is 2.17 bits per heavy atom. The van der Waals surface area contributed by atoms with Gasteiger partial charge in [0, 0.05) is 0 Å². The number of carbonyl (C=O) groups is 2. The van der Waals surface area contributed by atoms with Crippen LogP contribution < -0.4 is 5.32 Å². The summed E-state index contributed by atoms with van der Waals surface area (Å²) in [5.41, 5.74) is 0.643. The van der Waals surface area contributed by atoms with Crippen LogP contribution in [0.5, 0.6) is 0 Å². The number of nitrogens with one attached hydrogen (secondary N) is 1. The molecule has 5 nitrogen and oxygen atoms in total. The molecule has 0 bridgehead atoms. The van der Waals surface area contributed by atoms with Crippen LogP contribution in [0, 0.1) is 13.8 Å². The van der Waals surface area contributed by atoms with Crippen LogP contribution in [0.25, 0.3) is 0 Å². The Hall–Kier alpha value is -1.08. The highest BCUT2D eigenvalue weighted by Crippen LogP contribution is 2.17. The summed E-state index contributed by atoms with van der Waals surface area (Å²) >= 11 is 2.83. The summed E-state index contributed by atoms with van der Waals surface area (Å²) in [6.07, 6.45) is 2.32. The Labute approximate surface area is 114 Å². The molecule has 0 fully saturated rings. The quantitative estimate of drug-likeness (QED) is 0.833. The van der Waals surface area contributed by atoms with Gasteiger partial charge < -0.3 is 10.4 Å². The number of aromatic nitrogens is 1. The van der Waals surface area contributed by atoms with Gasteiger partial charge in [-0.25, -0.2) is 9.78 Å². The van der Waals surface area contributed by atoms with Gasteiger partial charge in [0.25, 0.3) is 5.91 Å². The topological polar surface area (TPSA) is 79.3 Å². The first kappa shape index (κ1) is 15.0. The minimum absolute atomic E-state index is 0.355. The minimum atomic E-state index is -1.00. The number of carboxylic acids is 1. The van der Waals surface area contributed by atoms with Gasteiger partial charge in [-0.3, -0.25) is 4.79 Å². The Morgan fingerprint density at radius 3 is 2.61 bits per heavy atom. The summed E-state index contributed by atoms with van der Waals surface area (Å²) in [7, 11) is 0. The number of carboxylic acid groups (broad SMARTS) is 1. The lowest BCUT2D eigenvalue weighted by molar-refractivity contribution is -0.139. The zero-order valence-corrected chi connectivity index (χ0v) is 12.2. The van der Waals surface area contributed by atoms with E-state index in [1.807, 2.05) is 13.2 Å². The molecule has 0 aliphatic rings. The van der Waals surface area contributed by atoms with Crippen LogP contribution in [0.4, 0.5) is 0 Å². The molecule has 0 aliphatic carbocycles. The molecule has 0 spiro atoms. The van der Waals surface area contributed by atoms with Crippen molar-refractivity contribution in [2.45, 2.75) is 26.3 Å². The van der Waals surface area contributed by atoms with Gasteiger partial charge in [-0.2, -0.15) is 11.8 Å². The fraction of sp³-hybridized carbons (Fsp3) is 0.545. The third-order valence-electron chi connectivity index (χ3n) is 2.32. The predicted molar refractivity (Wildman–Crippen MR) is 73.5 cm³/mol. The third kappa shape index (κ3) is 3.99. The van der Waals surface area contributed by atoms with Gasteiger partial charge >= 0.3 is 5.97 Å². The Morgan fingerprint density at radius 1 is 1.50 bits per heavy atom. The van der Waals surface area contributed by atoms with E-state index in [4.69, 9.17) is 5.11 Å². The Balaban J connectivity index is 2.72. The van der Waals surface area contributed by atoms with E-state index in [0.29, 0.717) is 22.7 Å². The third-order valence-corrected chi connectivity index (χ3v) is 4.04. The molecule has 0 radical (unpaired) electrons. The maximum absolute atomic E-state index is 11.9. The molecule has 1 heterocycles. The second-order valence-electron chi connectivity index (χ2n) is 3.79. The smallest absolute Gasteiger partial charge is 0.326 e. The van der Waals surface area contributed by atoms with Crippen LogP contribution in [0.2, 0.25) is 0 Å². The molecule has 0 saturated heterocycles. The van der Waals surface area contributed by atoms with E-state index in [0.717, 1.165) is 5.01 Å². The number of aliphatic carboxylic acids is 1. The molecule has 0 unspecified atom stereocenters. The number of thiazole rings is 1. The van der Waals surface area contributed by atoms with E-state index in [1.54, 1.807) is 18.7 Å². The van der Waals surface area contributed by atoms with E-state index in [2.05, 4.69) is 10.3 Å². The summed E-state index contributed by atoms with van der Waals surface area (Å²) in [4.78, 5) is 27.6. The van der Waals surface area contributed by atoms with E-state index in [-0.39, 0.29) is 5.91 Å². The lowest BCUT2D eigenvalue weighted by atomic mass is 10.2. The standard InChI is InChI=1S/C11H16N2O3S2/c1-6-9(18-7(2)12-6)10(14)13-8(11(15)16)4-5-17-3/h8H,4-5H2,1-3H3,(H,13,14)(H,15,16)/t8-/m0/s1. The summed E-state index contributed by atoms with van der Waals surface area (Å²) in [5.74, 6) is -0.666. The van der Waals surface area contributed by atoms with E-state index >= 15 is 0 Å². The molecule has 100 valence electrons. The number of hydrogen-bond donors (Lipinski definition) is 2. The summed E-state index contributed by atoms with van der Waals surface area (Å²) in [6, 6.07) is -0.841. The van der Waals surface area contributed by atoms with Crippen molar-refractivity contribution >= 4 is 35.0 Å². The monoisotopic (exact) mass is 288 g/mol. The molecule has 1 amide bonds. The molecule has 1 aromatic rings. The number of hydrogen-bond acceptors (Lipinski definition) is 5. The highest BCUT2D eigenvalue weighted by molar-refractivity contribution is 7.98. The minimum Gasteiger partial charge on any atom is -0.480 e. The van der Waals surface area contributed by atoms with Crippen LogP contribution in [-0.2, 0) is 4.79 Å². The highest BCUT2D eigenvalue weighted by Gasteiger charge is 2.22. The van der Waals surface area contributed by atoms with Gasteiger partial charge in [0.2, 0.25) is 0 Å². The van der Waals surface area contributed by atoms with Crippen molar-refractivity contribution in [1.29, 1.82) is 0 Å². The van der Waals surface area contributed by atoms with Crippen LogP contribution in [0.3, 0.4) is 0 Å². The number of rotatable bonds is 6. The van der Waals surface area contributed by atoms with Crippen LogP contribution in [0.15, 0.2) is 0 Å². The number of carbonyl (C=O) groups excluding carboxylic acids is 1. The van der Waals surface area contributed by atoms with Crippen LogP contribution in [0.1, 0.15) is 26.8 Å². The molecule has 0 aromatic carbocycles. The number of amides is 1. The Kier molecular flexibility index (Phi) is 5.61. The number of thioether (sulfide) groups is 1. The predicted octanol–water partition coefficient (Wildman–Crippen LogP) is 1.70. The summed E-state index contributed by atoms with van der Waals surface area (Å²) < 4.78 is 0. The van der Waals surface area contributed by atoms with Gasteiger partial charge in [-0.1, -0.05) is 0 Å². The molecule has 1 aromatic heterocycles. The molecule has 7 heteroatoms. The normalized spacial score (nSPS) is 12.2. The average Bonchev–Trinajstić information content (AvgIpc) is 2.63. The van der Waals surface area contributed by atoms with Gasteiger partial charge in [0.15, 0.2) is 0 Å². The van der Waals surface area contributed by atoms with Crippen molar-refractivity contribution in [3.8, 4) is 0 Å². The summed E-state index contributed by atoms with van der Waals surface area (Å²) in [6.45, 7) is 3.56. The van der Waals surface area contributed by atoms with Crippen molar-refractivity contribution in [3.05, 3.63) is 15.6 Å². The maximum atomic E-state index is 11.9. The van der Waals surface area contributed by atoms with Crippen LogP contribution in [-0.4, -0.2) is 40.0 Å². The van der Waals surface area contributed by atoms with Crippen LogP contribution >= 0.6 is 23.1 Å². The van der Waals surface area contributed by atoms with E-state index in [1.165, 1.54) is 11.3 Å². The van der Waals surface area contributed by atoms with E-state index < -0.39 is 12.0 Å². The molecule has 2 N–H and O–H groups in total. The second kappa shape index (κ2) is 6.75. The maximum Gasteiger partial charge on any atom is 0.326 e. The summed E-state index contributed by atoms with van der Waals surface area (Å²) in [5, 5.41) is 12.4. The van der Waals surface area contributed by atoms with Crippen molar-refractivity contribution in [1.82, 2.24) is 10.3 Å². The zero-order valence-electron chi connectivity index (χ0n) is 10.5. The molecule has 1 rings (SSSR count). The molecule has 1 atom stereocenters. The van der Waals surface area contributed by atoms with Crippen molar-refractivity contribution in [3.63, 3.8) is 0 Å². The number of nitrogens with zero attached hydrogens (tertiary/aromatic N) is 1. The molecule has 0 aliphatic heterocycles. The lowest BCUT2D eigenvalue weighted by Gasteiger charge is -2.13. The highest BCUT2D eigenvalue weighted by atomic mass is 32.2. The molecular weight excluding hydrogens is 272 g/mol. The zero-order chi connectivity index (χ0) is 13.7. The van der Waals surface area contributed by atoms with Gasteiger partial charge in [0.05, 0.1) is 10.7 Å². The largest absolute Gasteiger partial charge is 0.480 e. The SMILES string of the molecule is CSCC[C@H](NC(=O)c1sc(C)nc1C)C(=O)O. The number of aryl methyl sites for hydroxylation is 2. The first-order chi connectivity index (χ1) is 8.45. The second-order valence-corrected chi connectivity index (χ2v) is 5.98. The molecule has 0 saturated carbocycles. The first-order valence-electron chi connectivity index (χ1n) is 5.42. The van der Waals surface area contributed by atoms with Gasteiger partial charge in [-0.15, -0.1) is 11.3 Å². The van der Waals surface area contributed by atoms with Crippen molar-refractivity contribution in [2.75, 3.05) is 12.0 Å². The fourth-order valence-corrected chi connectivity index (χ4v) is 2.75. The first-order valence-corrected chi connectivity index (χ1v) is 7.63.